The lowest BCUT2D eigenvalue weighted by Crippen LogP contribution is -2.00. The number of para-hydroxylation sites is 1. The molecule has 0 saturated carbocycles. The minimum Gasteiger partial charge on any atom is -0.449 e. The molecule has 0 N–H and O–H groups in total. The number of halogens is 1. The Labute approximate surface area is 167 Å². The highest BCUT2D eigenvalue weighted by Crippen LogP contribution is 2.31. The lowest BCUT2D eigenvalue weighted by atomic mass is 10.2. The van der Waals surface area contributed by atoms with Crippen LogP contribution in [0.25, 0.3) is 17.0 Å². The van der Waals surface area contributed by atoms with Gasteiger partial charge in [0.15, 0.2) is 6.61 Å². The average Bonchev–Trinajstić information content (AvgIpc) is 2.71. The number of rotatable bonds is 5. The van der Waals surface area contributed by atoms with Gasteiger partial charge in [-0.3, -0.25) is 4.98 Å². The van der Waals surface area contributed by atoms with Gasteiger partial charge in [0.05, 0.1) is 16.3 Å². The summed E-state index contributed by atoms with van der Waals surface area (Å²) in [5.41, 5.74) is 1.81. The minimum absolute atomic E-state index is 0.0578. The van der Waals surface area contributed by atoms with E-state index >= 15 is 0 Å². The predicted molar refractivity (Wildman–Crippen MR) is 112 cm³/mol. The maximum absolute atomic E-state index is 11.6. The first-order chi connectivity index (χ1) is 13.2. The lowest BCUT2D eigenvalue weighted by molar-refractivity contribution is -0.136. The third-order valence-electron chi connectivity index (χ3n) is 3.60. The Morgan fingerprint density at radius 2 is 1.89 bits per heavy atom. The van der Waals surface area contributed by atoms with Gasteiger partial charge in [0.2, 0.25) is 0 Å². The topological polar surface area (TPSA) is 39.2 Å². The van der Waals surface area contributed by atoms with Crippen molar-refractivity contribution in [2.24, 2.45) is 0 Å². The molecule has 0 unspecified atom stereocenters. The molecule has 0 radical (unpaired) electrons. The van der Waals surface area contributed by atoms with E-state index in [0.29, 0.717) is 10.8 Å². The Balaban J connectivity index is 1.45. The highest BCUT2D eigenvalue weighted by atomic mass is 35.5. The fraction of sp³-hybridized carbons (Fsp3) is 0.0909. The van der Waals surface area contributed by atoms with Gasteiger partial charge in [-0.2, -0.15) is 0 Å². The first kappa shape index (κ1) is 19.0. The Kier molecular flexibility index (Phi) is 6.92. The van der Waals surface area contributed by atoms with Gasteiger partial charge in [-0.05, 0) is 17.7 Å². The normalized spacial score (nSPS) is 10.6. The van der Waals surface area contributed by atoms with Crippen LogP contribution in [0.5, 0.6) is 0 Å². The Morgan fingerprint density at radius 3 is 2.74 bits per heavy atom. The number of hydrogen-bond acceptors (Lipinski definition) is 4. The molecule has 5 heteroatoms. The first-order valence-corrected chi connectivity index (χ1v) is 9.62. The zero-order valence-electron chi connectivity index (χ0n) is 14.4. The van der Waals surface area contributed by atoms with Crippen LogP contribution in [0.4, 0.5) is 0 Å². The third kappa shape index (κ3) is 5.62. The van der Waals surface area contributed by atoms with Crippen LogP contribution in [0, 0.1) is 11.8 Å². The van der Waals surface area contributed by atoms with Crippen LogP contribution >= 0.6 is 23.4 Å². The van der Waals surface area contributed by atoms with E-state index in [1.54, 1.807) is 12.3 Å². The molecule has 0 aliphatic carbocycles. The number of carbonyl (C=O) groups excluding carboxylic acids is 1. The van der Waals surface area contributed by atoms with Crippen molar-refractivity contribution in [1.82, 2.24) is 4.98 Å². The number of esters is 1. The van der Waals surface area contributed by atoms with Crippen LogP contribution in [0.2, 0.25) is 5.02 Å². The Morgan fingerprint density at radius 1 is 1.11 bits per heavy atom. The molecule has 0 aliphatic rings. The zero-order chi connectivity index (χ0) is 18.9. The maximum atomic E-state index is 11.6. The van der Waals surface area contributed by atoms with Crippen LogP contribution in [0.1, 0.15) is 5.56 Å². The van der Waals surface area contributed by atoms with Crippen molar-refractivity contribution >= 4 is 46.3 Å². The quantitative estimate of drug-likeness (QED) is 0.257. The summed E-state index contributed by atoms with van der Waals surface area (Å²) < 4.78 is 5.05. The van der Waals surface area contributed by atoms with E-state index in [4.69, 9.17) is 16.3 Å². The largest absolute Gasteiger partial charge is 0.449 e. The Hall–Kier alpha value is -2.74. The number of aromatic nitrogens is 1. The van der Waals surface area contributed by atoms with E-state index in [1.807, 2.05) is 54.6 Å². The van der Waals surface area contributed by atoms with Crippen LogP contribution in [-0.4, -0.2) is 23.3 Å². The molecule has 0 saturated heterocycles. The number of ether oxygens (including phenoxy) is 1. The monoisotopic (exact) mass is 393 g/mol. The number of carbonyl (C=O) groups is 1. The van der Waals surface area contributed by atoms with Crippen molar-refractivity contribution in [3.8, 4) is 11.8 Å². The summed E-state index contributed by atoms with van der Waals surface area (Å²) in [5.74, 6) is 5.92. The molecule has 0 bridgehead atoms. The van der Waals surface area contributed by atoms with Crippen molar-refractivity contribution in [3.63, 3.8) is 0 Å². The summed E-state index contributed by atoms with van der Waals surface area (Å²) in [6.45, 7) is 0.0578. The summed E-state index contributed by atoms with van der Waals surface area (Å²) in [6.07, 6.45) is 4.86. The summed E-state index contributed by atoms with van der Waals surface area (Å²) in [6, 6.07) is 17.3. The Bertz CT molecular complexity index is 1020. The van der Waals surface area contributed by atoms with E-state index in [1.165, 1.54) is 17.8 Å². The third-order valence-corrected chi connectivity index (χ3v) is 5.03. The number of nitrogens with zero attached hydrogens (tertiary/aromatic N) is 1. The molecule has 1 aromatic heterocycles. The van der Waals surface area contributed by atoms with Gasteiger partial charge in [-0.1, -0.05) is 72.0 Å². The van der Waals surface area contributed by atoms with Crippen molar-refractivity contribution < 1.29 is 9.53 Å². The van der Waals surface area contributed by atoms with E-state index < -0.39 is 5.97 Å². The van der Waals surface area contributed by atoms with E-state index in [9.17, 15) is 4.79 Å². The van der Waals surface area contributed by atoms with E-state index in [2.05, 4.69) is 16.8 Å². The molecule has 0 fully saturated rings. The summed E-state index contributed by atoms with van der Waals surface area (Å²) in [5, 5.41) is 1.61. The fourth-order valence-corrected chi connectivity index (χ4v) is 3.36. The van der Waals surface area contributed by atoms with Crippen molar-refractivity contribution in [2.45, 2.75) is 4.90 Å². The van der Waals surface area contributed by atoms with Crippen LogP contribution < -0.4 is 0 Å². The second-order valence-electron chi connectivity index (χ2n) is 5.45. The maximum Gasteiger partial charge on any atom is 0.331 e. The number of benzene rings is 2. The molecule has 0 spiro atoms. The van der Waals surface area contributed by atoms with Gasteiger partial charge < -0.3 is 4.74 Å². The smallest absolute Gasteiger partial charge is 0.331 e. The minimum atomic E-state index is -0.414. The van der Waals surface area contributed by atoms with Crippen molar-refractivity contribution in [2.75, 3.05) is 12.4 Å². The van der Waals surface area contributed by atoms with Gasteiger partial charge in [-0.25, -0.2) is 4.79 Å². The molecular weight excluding hydrogens is 378 g/mol. The highest BCUT2D eigenvalue weighted by Gasteiger charge is 2.06. The van der Waals surface area contributed by atoms with Crippen LogP contribution in [-0.2, 0) is 9.53 Å². The van der Waals surface area contributed by atoms with Gasteiger partial charge in [-0.15, -0.1) is 11.8 Å². The number of thioether (sulfide) groups is 1. The molecule has 3 rings (SSSR count). The van der Waals surface area contributed by atoms with Crippen LogP contribution in [0.15, 0.2) is 71.8 Å². The SMILES string of the molecule is O=C(/C=C/c1ccccc1)OCC#CCSc1cnc2ccccc2c1Cl. The second kappa shape index (κ2) is 9.82. The standard InChI is InChI=1S/C22H16ClNO2S/c23-22-18-10-4-5-11-19(18)24-16-20(22)27-15-7-6-14-26-21(25)13-12-17-8-2-1-3-9-17/h1-5,8-13,16H,14-15H2/b13-12+. The molecule has 0 amide bonds. The summed E-state index contributed by atoms with van der Waals surface area (Å²) in [4.78, 5) is 16.9. The highest BCUT2D eigenvalue weighted by molar-refractivity contribution is 7.99. The molecule has 1 heterocycles. The fourth-order valence-electron chi connectivity index (χ4n) is 2.29. The van der Waals surface area contributed by atoms with Gasteiger partial charge in [0.25, 0.3) is 0 Å². The number of hydrogen-bond donors (Lipinski definition) is 0. The van der Waals surface area contributed by atoms with E-state index in [-0.39, 0.29) is 6.61 Å². The van der Waals surface area contributed by atoms with E-state index in [0.717, 1.165) is 21.4 Å². The van der Waals surface area contributed by atoms with Crippen molar-refractivity contribution in [3.05, 3.63) is 77.5 Å². The molecular formula is C22H16ClNO2S. The van der Waals surface area contributed by atoms with Gasteiger partial charge in [0.1, 0.15) is 0 Å². The first-order valence-electron chi connectivity index (χ1n) is 8.26. The van der Waals surface area contributed by atoms with Gasteiger partial charge in [0, 0.05) is 22.6 Å². The molecule has 27 heavy (non-hydrogen) atoms. The number of pyridine rings is 1. The second-order valence-corrected chi connectivity index (χ2v) is 6.84. The molecule has 134 valence electrons. The number of fused-ring (bicyclic) bond motifs is 1. The van der Waals surface area contributed by atoms with Gasteiger partial charge >= 0.3 is 5.97 Å². The van der Waals surface area contributed by atoms with Crippen LogP contribution in [0.3, 0.4) is 0 Å². The lowest BCUT2D eigenvalue weighted by Gasteiger charge is -2.04. The molecule has 0 atom stereocenters. The summed E-state index contributed by atoms with van der Waals surface area (Å²) >= 11 is 7.93. The molecule has 0 aliphatic heterocycles. The molecule has 2 aromatic carbocycles. The van der Waals surface area contributed by atoms with Crippen molar-refractivity contribution in [1.29, 1.82) is 0 Å². The predicted octanol–water partition coefficient (Wildman–Crippen LogP) is 5.24. The molecule has 3 nitrogen and oxygen atoms in total. The average molecular weight is 394 g/mol. The summed E-state index contributed by atoms with van der Waals surface area (Å²) in [7, 11) is 0. The molecule has 3 aromatic rings. The zero-order valence-corrected chi connectivity index (χ0v) is 16.0.